The van der Waals surface area contributed by atoms with Crippen molar-refractivity contribution in [2.75, 3.05) is 24.4 Å². The maximum atomic E-state index is 13.6. The van der Waals surface area contributed by atoms with Crippen molar-refractivity contribution in [2.45, 2.75) is 45.2 Å². The Labute approximate surface area is 192 Å². The lowest BCUT2D eigenvalue weighted by atomic mass is 9.51. The predicted octanol–water partition coefficient (Wildman–Crippen LogP) is 2.81. The minimum Gasteiger partial charge on any atom is -0.383 e. The van der Waals surface area contributed by atoms with Crippen LogP contribution >= 0.6 is 0 Å². The highest BCUT2D eigenvalue weighted by Gasteiger charge is 2.50. The second-order valence-corrected chi connectivity index (χ2v) is 9.91. The van der Waals surface area contributed by atoms with Gasteiger partial charge in [0, 0.05) is 19.6 Å². The molecule has 0 radical (unpaired) electrons. The van der Waals surface area contributed by atoms with Gasteiger partial charge >= 0.3 is 5.69 Å². The van der Waals surface area contributed by atoms with Gasteiger partial charge in [-0.05, 0) is 61.3 Å². The molecule has 1 heterocycles. The highest BCUT2D eigenvalue weighted by molar-refractivity contribution is 5.95. The van der Waals surface area contributed by atoms with Gasteiger partial charge in [0.25, 0.3) is 5.56 Å². The molecular formula is C25H32N4O4. The summed E-state index contributed by atoms with van der Waals surface area (Å²) in [5.41, 5.74) is 0.101. The van der Waals surface area contributed by atoms with E-state index in [1.54, 1.807) is 7.11 Å². The molecule has 176 valence electrons. The largest absolute Gasteiger partial charge is 0.383 e. The number of methoxy groups -OCH3 is 1. The number of ether oxygens (including phenoxy) is 1. The van der Waals surface area contributed by atoms with E-state index in [0.29, 0.717) is 18.4 Å². The number of benzene rings is 1. The number of anilines is 2. The van der Waals surface area contributed by atoms with Crippen LogP contribution in [0.25, 0.3) is 0 Å². The van der Waals surface area contributed by atoms with E-state index in [0.717, 1.165) is 43.1 Å². The smallest absolute Gasteiger partial charge is 0.330 e. The molecule has 3 N–H and O–H groups in total. The number of aromatic nitrogens is 2. The lowest BCUT2D eigenvalue weighted by Gasteiger charge is -2.53. The summed E-state index contributed by atoms with van der Waals surface area (Å²) in [6.45, 7) is 0.904. The zero-order valence-electron chi connectivity index (χ0n) is 19.0. The Kier molecular flexibility index (Phi) is 6.10. The Balaban J connectivity index is 1.45. The van der Waals surface area contributed by atoms with E-state index in [4.69, 9.17) is 4.74 Å². The van der Waals surface area contributed by atoms with Gasteiger partial charge in [-0.15, -0.1) is 0 Å². The maximum absolute atomic E-state index is 13.6. The number of amides is 1. The molecule has 4 aliphatic rings. The molecule has 0 unspecified atom stereocenters. The van der Waals surface area contributed by atoms with E-state index in [1.165, 1.54) is 11.0 Å². The Hall–Kier alpha value is -2.87. The van der Waals surface area contributed by atoms with E-state index in [2.05, 4.69) is 15.6 Å². The highest BCUT2D eigenvalue weighted by atomic mass is 16.5. The molecule has 0 spiro atoms. The average molecular weight is 453 g/mol. The van der Waals surface area contributed by atoms with Crippen molar-refractivity contribution in [2.24, 2.45) is 29.6 Å². The first-order valence-electron chi connectivity index (χ1n) is 12.0. The maximum Gasteiger partial charge on any atom is 0.330 e. The third-order valence-corrected chi connectivity index (χ3v) is 7.80. The van der Waals surface area contributed by atoms with Crippen LogP contribution in [0.2, 0.25) is 0 Å². The highest BCUT2D eigenvalue weighted by Crippen LogP contribution is 2.56. The van der Waals surface area contributed by atoms with Crippen molar-refractivity contribution < 1.29 is 9.53 Å². The van der Waals surface area contributed by atoms with Gasteiger partial charge in [-0.2, -0.15) is 0 Å². The van der Waals surface area contributed by atoms with Crippen molar-refractivity contribution in [1.82, 2.24) is 9.55 Å². The molecule has 0 atom stereocenters. The summed E-state index contributed by atoms with van der Waals surface area (Å²) in [5.74, 6) is 2.45. The molecule has 4 aliphatic carbocycles. The Morgan fingerprint density at radius 3 is 2.36 bits per heavy atom. The summed E-state index contributed by atoms with van der Waals surface area (Å²) >= 11 is 0. The van der Waals surface area contributed by atoms with Crippen LogP contribution in [-0.2, 0) is 22.6 Å². The first-order valence-corrected chi connectivity index (χ1v) is 12.0. The number of nitrogens with zero attached hydrogens (tertiary/aromatic N) is 1. The van der Waals surface area contributed by atoms with Gasteiger partial charge in [0.15, 0.2) is 0 Å². The van der Waals surface area contributed by atoms with Gasteiger partial charge in [0.05, 0.1) is 13.2 Å². The summed E-state index contributed by atoms with van der Waals surface area (Å²) in [6, 6.07) is 9.69. The molecule has 4 fully saturated rings. The van der Waals surface area contributed by atoms with Crippen LogP contribution in [0.5, 0.6) is 0 Å². The van der Waals surface area contributed by atoms with E-state index >= 15 is 0 Å². The number of hydrogen-bond acceptors (Lipinski definition) is 5. The second-order valence-electron chi connectivity index (χ2n) is 9.91. The molecule has 0 aliphatic heterocycles. The van der Waals surface area contributed by atoms with Crippen molar-refractivity contribution in [3.63, 3.8) is 0 Å². The lowest BCUT2D eigenvalue weighted by molar-refractivity contribution is -0.132. The predicted molar refractivity (Wildman–Crippen MR) is 126 cm³/mol. The van der Waals surface area contributed by atoms with Gasteiger partial charge in [-0.1, -0.05) is 30.3 Å². The topological polar surface area (TPSA) is 105 Å². The summed E-state index contributed by atoms with van der Waals surface area (Å²) in [6.07, 6.45) is 5.80. The first kappa shape index (κ1) is 21.9. The quantitative estimate of drug-likeness (QED) is 0.571. The van der Waals surface area contributed by atoms with Gasteiger partial charge in [-0.3, -0.25) is 19.1 Å². The van der Waals surface area contributed by atoms with Crippen molar-refractivity contribution in [3.05, 3.63) is 56.7 Å². The molecule has 8 heteroatoms. The van der Waals surface area contributed by atoms with E-state index < -0.39 is 11.2 Å². The average Bonchev–Trinajstić information content (AvgIpc) is 2.78. The Morgan fingerprint density at radius 2 is 1.73 bits per heavy atom. The monoisotopic (exact) mass is 452 g/mol. The van der Waals surface area contributed by atoms with Crippen LogP contribution in [0.4, 0.5) is 11.5 Å². The fraction of sp³-hybridized carbons (Fsp3) is 0.560. The first-order chi connectivity index (χ1) is 16.0. The number of carbonyl (C=O) groups is 1. The molecule has 4 saturated carbocycles. The third kappa shape index (κ3) is 4.36. The van der Waals surface area contributed by atoms with Crippen LogP contribution < -0.4 is 21.9 Å². The van der Waals surface area contributed by atoms with Crippen LogP contribution in [0, 0.1) is 29.6 Å². The number of hydrogen-bond donors (Lipinski definition) is 3. The summed E-state index contributed by atoms with van der Waals surface area (Å²) in [4.78, 5) is 41.4. The normalized spacial score (nSPS) is 27.5. The molecule has 4 bridgehead atoms. The SMILES string of the molecule is COCCn1c(NC(=O)C2C3CC4CC(C3)CC2C4)c(NCc2ccccc2)c(=O)[nH]c1=O. The molecule has 8 nitrogen and oxygen atoms in total. The van der Waals surface area contributed by atoms with Crippen molar-refractivity contribution in [1.29, 1.82) is 0 Å². The minimum atomic E-state index is -0.553. The zero-order chi connectivity index (χ0) is 22.9. The van der Waals surface area contributed by atoms with Gasteiger partial charge in [0.2, 0.25) is 5.91 Å². The number of carbonyl (C=O) groups excluding carboxylic acids is 1. The zero-order valence-corrected chi connectivity index (χ0v) is 19.0. The third-order valence-electron chi connectivity index (χ3n) is 7.80. The second kappa shape index (κ2) is 9.17. The Morgan fingerprint density at radius 1 is 1.06 bits per heavy atom. The van der Waals surface area contributed by atoms with E-state index in [1.807, 2.05) is 30.3 Å². The van der Waals surface area contributed by atoms with Gasteiger partial charge < -0.3 is 15.4 Å². The standard InChI is InChI=1S/C25H32N4O4/c1-33-8-7-29-22(21(24(31)28-25(29)32)26-14-15-5-3-2-4-6-15)27-23(30)20-18-10-16-9-17(12-18)13-19(20)11-16/h2-6,16-20,26H,7-14H2,1H3,(H,27,30)(H,28,31,32). The van der Waals surface area contributed by atoms with Crippen LogP contribution in [0.3, 0.4) is 0 Å². The van der Waals surface area contributed by atoms with Crippen molar-refractivity contribution in [3.8, 4) is 0 Å². The fourth-order valence-electron chi connectivity index (χ4n) is 6.60. The van der Waals surface area contributed by atoms with E-state index in [9.17, 15) is 14.4 Å². The number of nitrogens with one attached hydrogen (secondary N) is 3. The fourth-order valence-corrected chi connectivity index (χ4v) is 6.60. The molecule has 2 aromatic rings. The van der Waals surface area contributed by atoms with Crippen LogP contribution in [-0.4, -0.2) is 29.2 Å². The molecule has 1 aromatic heterocycles. The molecular weight excluding hydrogens is 420 g/mol. The summed E-state index contributed by atoms with van der Waals surface area (Å²) < 4.78 is 6.56. The van der Waals surface area contributed by atoms with E-state index in [-0.39, 0.29) is 36.5 Å². The molecule has 0 saturated heterocycles. The number of aromatic amines is 1. The van der Waals surface area contributed by atoms with Gasteiger partial charge in [-0.25, -0.2) is 4.79 Å². The number of H-pyrrole nitrogens is 1. The summed E-state index contributed by atoms with van der Waals surface area (Å²) in [7, 11) is 1.55. The van der Waals surface area contributed by atoms with Gasteiger partial charge in [0.1, 0.15) is 11.5 Å². The molecule has 1 amide bonds. The van der Waals surface area contributed by atoms with Crippen molar-refractivity contribution >= 4 is 17.4 Å². The Bertz CT molecular complexity index is 1100. The lowest BCUT2D eigenvalue weighted by Crippen LogP contribution is -2.50. The molecule has 6 rings (SSSR count). The number of rotatable bonds is 8. The van der Waals surface area contributed by atoms with Crippen LogP contribution in [0.1, 0.15) is 37.7 Å². The molecule has 33 heavy (non-hydrogen) atoms. The van der Waals surface area contributed by atoms with Crippen LogP contribution in [0.15, 0.2) is 39.9 Å². The summed E-state index contributed by atoms with van der Waals surface area (Å²) in [5, 5.41) is 6.18. The molecule has 1 aromatic carbocycles. The minimum absolute atomic E-state index is 0.0509.